The highest BCUT2D eigenvalue weighted by Crippen LogP contribution is 2.34. The van der Waals surface area contributed by atoms with E-state index in [-0.39, 0.29) is 5.56 Å². The molecule has 0 saturated carbocycles. The Labute approximate surface area is 154 Å². The lowest BCUT2D eigenvalue weighted by atomic mass is 10.1. The summed E-state index contributed by atoms with van der Waals surface area (Å²) in [7, 11) is 0. The Balaban J connectivity index is 1.62. The van der Waals surface area contributed by atoms with Crippen LogP contribution in [-0.4, -0.2) is 28.9 Å². The summed E-state index contributed by atoms with van der Waals surface area (Å²) in [6, 6.07) is 12.8. The molecule has 4 nitrogen and oxygen atoms in total. The van der Waals surface area contributed by atoms with Gasteiger partial charge < -0.3 is 10.0 Å². The highest BCUT2D eigenvalue weighted by molar-refractivity contribution is 7.09. The van der Waals surface area contributed by atoms with Crippen molar-refractivity contribution in [3.05, 3.63) is 53.8 Å². The van der Waals surface area contributed by atoms with E-state index in [1.807, 2.05) is 18.2 Å². The Bertz CT molecular complexity index is 947. The van der Waals surface area contributed by atoms with Gasteiger partial charge in [-0.25, -0.2) is 4.39 Å². The number of benzene rings is 2. The second-order valence-electron chi connectivity index (χ2n) is 6.33. The molecule has 26 heavy (non-hydrogen) atoms. The fraction of sp³-hybridized carbons (Fsp3) is 0.200. The highest BCUT2D eigenvalue weighted by atomic mass is 32.1. The number of halogens is 1. The SMILES string of the molecule is O=Cc1cc(-c2cc(-c3ccc(N4CCCC4)cc3)ns2)cc(F)c1O. The van der Waals surface area contributed by atoms with E-state index < -0.39 is 11.6 Å². The standard InChI is InChI=1S/C20H17FN2O2S/c21-17-10-14(9-15(12-24)20(17)25)19-11-18(22-26-19)13-3-5-16(6-4-13)23-7-1-2-8-23/h3-6,9-12,25H,1-2,7-8H2. The molecule has 1 N–H and O–H groups in total. The van der Waals surface area contributed by atoms with Crippen LogP contribution in [-0.2, 0) is 0 Å². The third kappa shape index (κ3) is 3.08. The van der Waals surface area contributed by atoms with Crippen molar-refractivity contribution in [3.8, 4) is 27.4 Å². The highest BCUT2D eigenvalue weighted by Gasteiger charge is 2.15. The molecule has 2 heterocycles. The van der Waals surface area contributed by atoms with Crippen LogP contribution in [0.1, 0.15) is 23.2 Å². The third-order valence-corrected chi connectivity index (χ3v) is 5.49. The van der Waals surface area contributed by atoms with Gasteiger partial charge in [-0.1, -0.05) is 12.1 Å². The maximum Gasteiger partial charge on any atom is 0.166 e. The average Bonchev–Trinajstić information content (AvgIpc) is 3.36. The van der Waals surface area contributed by atoms with Gasteiger partial charge in [0.1, 0.15) is 0 Å². The Kier molecular flexibility index (Phi) is 4.42. The van der Waals surface area contributed by atoms with Crippen LogP contribution in [0.4, 0.5) is 10.1 Å². The number of aldehydes is 1. The lowest BCUT2D eigenvalue weighted by molar-refractivity contribution is 0.112. The number of carbonyl (C=O) groups is 1. The molecular weight excluding hydrogens is 351 g/mol. The number of hydrogen-bond acceptors (Lipinski definition) is 5. The molecule has 1 fully saturated rings. The summed E-state index contributed by atoms with van der Waals surface area (Å²) in [5, 5.41) is 9.55. The Morgan fingerprint density at radius 2 is 1.81 bits per heavy atom. The molecule has 4 rings (SSSR count). The van der Waals surface area contributed by atoms with Gasteiger partial charge in [-0.2, -0.15) is 4.37 Å². The molecule has 0 spiro atoms. The molecule has 1 saturated heterocycles. The lowest BCUT2D eigenvalue weighted by Gasteiger charge is -2.17. The van der Waals surface area contributed by atoms with Crippen LogP contribution in [0, 0.1) is 5.82 Å². The van der Waals surface area contributed by atoms with E-state index in [4.69, 9.17) is 0 Å². The smallest absolute Gasteiger partial charge is 0.166 e. The van der Waals surface area contributed by atoms with Crippen molar-refractivity contribution in [1.82, 2.24) is 4.37 Å². The number of hydrogen-bond donors (Lipinski definition) is 1. The normalized spacial score (nSPS) is 14.0. The summed E-state index contributed by atoms with van der Waals surface area (Å²) < 4.78 is 18.3. The maximum atomic E-state index is 13.8. The maximum absolute atomic E-state index is 13.8. The minimum absolute atomic E-state index is 0.0649. The van der Waals surface area contributed by atoms with Crippen molar-refractivity contribution in [3.63, 3.8) is 0 Å². The summed E-state index contributed by atoms with van der Waals surface area (Å²) in [6.07, 6.45) is 2.92. The number of phenols is 1. The molecule has 132 valence electrons. The van der Waals surface area contributed by atoms with Crippen LogP contribution in [0.2, 0.25) is 0 Å². The molecule has 3 aromatic rings. The molecule has 1 aromatic heterocycles. The molecule has 6 heteroatoms. The fourth-order valence-corrected chi connectivity index (χ4v) is 3.96. The first-order valence-corrected chi connectivity index (χ1v) is 9.23. The van der Waals surface area contributed by atoms with Gasteiger partial charge in [0, 0.05) is 24.3 Å². The van der Waals surface area contributed by atoms with E-state index >= 15 is 0 Å². The second-order valence-corrected chi connectivity index (χ2v) is 7.14. The molecule has 1 aliphatic heterocycles. The first kappa shape index (κ1) is 16.7. The second kappa shape index (κ2) is 6.88. The summed E-state index contributed by atoms with van der Waals surface area (Å²) in [6.45, 7) is 2.21. The molecule has 2 aromatic carbocycles. The first-order valence-electron chi connectivity index (χ1n) is 8.46. The van der Waals surface area contributed by atoms with Crippen LogP contribution < -0.4 is 4.90 Å². The third-order valence-electron chi connectivity index (χ3n) is 4.65. The van der Waals surface area contributed by atoms with Crippen LogP contribution in [0.15, 0.2) is 42.5 Å². The molecule has 0 unspecified atom stereocenters. The molecule has 0 atom stereocenters. The minimum Gasteiger partial charge on any atom is -0.504 e. The number of phenolic OH excluding ortho intramolecular Hbond substituents is 1. The van der Waals surface area contributed by atoms with Gasteiger partial charge in [-0.05, 0) is 60.3 Å². The molecular formula is C20H17FN2O2S. The van der Waals surface area contributed by atoms with Gasteiger partial charge in [0.25, 0.3) is 0 Å². The van der Waals surface area contributed by atoms with Crippen LogP contribution in [0.25, 0.3) is 21.7 Å². The molecule has 0 amide bonds. The van der Waals surface area contributed by atoms with Crippen LogP contribution in [0.5, 0.6) is 5.75 Å². The van der Waals surface area contributed by atoms with Crippen molar-refractivity contribution < 1.29 is 14.3 Å². The number of anilines is 1. The Morgan fingerprint density at radius 1 is 1.08 bits per heavy atom. The van der Waals surface area contributed by atoms with Crippen molar-refractivity contribution in [2.45, 2.75) is 12.8 Å². The van der Waals surface area contributed by atoms with Crippen LogP contribution in [0.3, 0.4) is 0 Å². The summed E-state index contributed by atoms with van der Waals surface area (Å²) >= 11 is 1.24. The average molecular weight is 368 g/mol. The van der Waals surface area contributed by atoms with Gasteiger partial charge in [-0.15, -0.1) is 0 Å². The van der Waals surface area contributed by atoms with E-state index in [1.54, 1.807) is 0 Å². The van der Waals surface area contributed by atoms with Gasteiger partial charge in [0.15, 0.2) is 17.9 Å². The van der Waals surface area contributed by atoms with Gasteiger partial charge in [0.05, 0.1) is 16.1 Å². The number of aromatic nitrogens is 1. The van der Waals surface area contributed by atoms with E-state index in [0.29, 0.717) is 11.8 Å². The number of aromatic hydroxyl groups is 1. The quantitative estimate of drug-likeness (QED) is 0.676. The lowest BCUT2D eigenvalue weighted by Crippen LogP contribution is -2.17. The van der Waals surface area contributed by atoms with Gasteiger partial charge >= 0.3 is 0 Å². The number of carbonyl (C=O) groups excluding carboxylic acids is 1. The first-order chi connectivity index (χ1) is 12.7. The molecule has 0 aliphatic carbocycles. The zero-order valence-corrected chi connectivity index (χ0v) is 14.8. The largest absolute Gasteiger partial charge is 0.504 e. The Morgan fingerprint density at radius 3 is 2.50 bits per heavy atom. The van der Waals surface area contributed by atoms with E-state index in [2.05, 4.69) is 21.4 Å². The Hall–Kier alpha value is -2.73. The van der Waals surface area contributed by atoms with Gasteiger partial charge in [-0.3, -0.25) is 4.79 Å². The fourth-order valence-electron chi connectivity index (χ4n) is 3.22. The van der Waals surface area contributed by atoms with Crippen molar-refractivity contribution >= 4 is 23.5 Å². The minimum atomic E-state index is -0.811. The zero-order valence-electron chi connectivity index (χ0n) is 14.0. The predicted octanol–water partition coefficient (Wildman–Crippen LogP) is 4.73. The van der Waals surface area contributed by atoms with E-state index in [1.165, 1.54) is 42.2 Å². The van der Waals surface area contributed by atoms with Crippen molar-refractivity contribution in [2.75, 3.05) is 18.0 Å². The summed E-state index contributed by atoms with van der Waals surface area (Å²) in [5.74, 6) is -1.43. The monoisotopic (exact) mass is 368 g/mol. The molecule has 1 aliphatic rings. The van der Waals surface area contributed by atoms with Crippen LogP contribution >= 0.6 is 11.5 Å². The zero-order chi connectivity index (χ0) is 18.1. The molecule has 0 bridgehead atoms. The van der Waals surface area contributed by atoms with Gasteiger partial charge in [0.2, 0.25) is 0 Å². The summed E-state index contributed by atoms with van der Waals surface area (Å²) in [5.41, 5.74) is 3.48. The molecule has 0 radical (unpaired) electrons. The van der Waals surface area contributed by atoms with Crippen molar-refractivity contribution in [1.29, 1.82) is 0 Å². The topological polar surface area (TPSA) is 53.4 Å². The predicted molar refractivity (Wildman–Crippen MR) is 101 cm³/mol. The van der Waals surface area contributed by atoms with Crippen molar-refractivity contribution in [2.24, 2.45) is 0 Å². The number of nitrogens with zero attached hydrogens (tertiary/aromatic N) is 2. The van der Waals surface area contributed by atoms with E-state index in [0.717, 1.165) is 29.2 Å². The summed E-state index contributed by atoms with van der Waals surface area (Å²) in [4.78, 5) is 14.1. The number of rotatable bonds is 4. The van der Waals surface area contributed by atoms with E-state index in [9.17, 15) is 14.3 Å².